The van der Waals surface area contributed by atoms with Gasteiger partial charge in [-0.25, -0.2) is 0 Å². The zero-order chi connectivity index (χ0) is 13.7. The van der Waals surface area contributed by atoms with Gasteiger partial charge in [0.25, 0.3) is 0 Å². The van der Waals surface area contributed by atoms with Gasteiger partial charge in [-0.05, 0) is 45.5 Å². The van der Waals surface area contributed by atoms with Crippen molar-refractivity contribution in [1.82, 2.24) is 10.2 Å². The minimum absolute atomic E-state index is 0.392. The third kappa shape index (κ3) is 3.80. The van der Waals surface area contributed by atoms with Crippen LogP contribution < -0.4 is 5.32 Å². The van der Waals surface area contributed by atoms with Gasteiger partial charge in [-0.15, -0.1) is 11.3 Å². The third-order valence-electron chi connectivity index (χ3n) is 4.55. The maximum Gasteiger partial charge on any atom is 0.0328 e. The molecule has 0 saturated heterocycles. The molecule has 3 heteroatoms. The van der Waals surface area contributed by atoms with Crippen molar-refractivity contribution in [2.24, 2.45) is 0 Å². The second-order valence-corrected chi connectivity index (χ2v) is 7.26. The van der Waals surface area contributed by atoms with Crippen molar-refractivity contribution < 1.29 is 0 Å². The predicted octanol–water partition coefficient (Wildman–Crippen LogP) is 3.66. The Kier molecular flexibility index (Phi) is 5.43. The summed E-state index contributed by atoms with van der Waals surface area (Å²) in [6.45, 7) is 4.38. The lowest BCUT2D eigenvalue weighted by Gasteiger charge is -2.43. The van der Waals surface area contributed by atoms with Crippen LogP contribution in [0.2, 0.25) is 0 Å². The quantitative estimate of drug-likeness (QED) is 0.855. The van der Waals surface area contributed by atoms with E-state index < -0.39 is 0 Å². The van der Waals surface area contributed by atoms with Crippen molar-refractivity contribution in [3.05, 3.63) is 21.9 Å². The molecular weight excluding hydrogens is 252 g/mol. The van der Waals surface area contributed by atoms with E-state index >= 15 is 0 Å². The van der Waals surface area contributed by atoms with Crippen LogP contribution in [-0.2, 0) is 13.0 Å². The van der Waals surface area contributed by atoms with Gasteiger partial charge in [0.15, 0.2) is 0 Å². The fraction of sp³-hybridized carbons (Fsp3) is 0.750. The van der Waals surface area contributed by atoms with Crippen LogP contribution in [0.5, 0.6) is 0 Å². The molecule has 0 radical (unpaired) electrons. The van der Waals surface area contributed by atoms with E-state index in [1.54, 1.807) is 0 Å². The minimum Gasteiger partial charge on any atom is -0.310 e. The summed E-state index contributed by atoms with van der Waals surface area (Å²) in [6.07, 6.45) is 8.04. The molecule has 0 amide bonds. The molecule has 0 aromatic carbocycles. The molecule has 1 N–H and O–H groups in total. The zero-order valence-corrected chi connectivity index (χ0v) is 13.5. The van der Waals surface area contributed by atoms with Gasteiger partial charge >= 0.3 is 0 Å². The first-order valence-corrected chi connectivity index (χ1v) is 8.44. The van der Waals surface area contributed by atoms with Crippen molar-refractivity contribution in [2.75, 3.05) is 20.6 Å². The summed E-state index contributed by atoms with van der Waals surface area (Å²) in [5.74, 6) is 0. The van der Waals surface area contributed by atoms with Gasteiger partial charge in [-0.1, -0.05) is 26.2 Å². The summed E-state index contributed by atoms with van der Waals surface area (Å²) >= 11 is 1.95. The van der Waals surface area contributed by atoms with Crippen LogP contribution in [0.15, 0.2) is 12.1 Å². The average Bonchev–Trinajstić information content (AvgIpc) is 2.87. The number of likely N-dealkylation sites (N-methyl/N-ethyl adjacent to an activating group) is 1. The Bertz CT molecular complexity index is 378. The van der Waals surface area contributed by atoms with Crippen LogP contribution in [0, 0.1) is 0 Å². The van der Waals surface area contributed by atoms with Gasteiger partial charge in [0.05, 0.1) is 0 Å². The molecule has 1 saturated carbocycles. The highest BCUT2D eigenvalue weighted by molar-refractivity contribution is 7.11. The van der Waals surface area contributed by atoms with E-state index in [-0.39, 0.29) is 0 Å². The summed E-state index contributed by atoms with van der Waals surface area (Å²) in [4.78, 5) is 5.42. The lowest BCUT2D eigenvalue weighted by Crippen LogP contribution is -2.52. The van der Waals surface area contributed by atoms with Gasteiger partial charge in [0.2, 0.25) is 0 Å². The van der Waals surface area contributed by atoms with Crippen molar-refractivity contribution in [2.45, 2.75) is 57.5 Å². The molecule has 0 aliphatic heterocycles. The molecule has 108 valence electrons. The molecule has 1 aliphatic rings. The summed E-state index contributed by atoms with van der Waals surface area (Å²) in [6, 6.07) is 4.55. The van der Waals surface area contributed by atoms with Crippen LogP contribution in [-0.4, -0.2) is 31.1 Å². The van der Waals surface area contributed by atoms with E-state index in [9.17, 15) is 0 Å². The Morgan fingerprint density at radius 1 is 1.16 bits per heavy atom. The van der Waals surface area contributed by atoms with Gasteiger partial charge < -0.3 is 10.2 Å². The van der Waals surface area contributed by atoms with Crippen LogP contribution in [0.3, 0.4) is 0 Å². The summed E-state index contributed by atoms with van der Waals surface area (Å²) < 4.78 is 0. The molecule has 1 heterocycles. The Labute approximate surface area is 122 Å². The molecule has 0 atom stereocenters. The van der Waals surface area contributed by atoms with E-state index in [0.29, 0.717) is 5.54 Å². The van der Waals surface area contributed by atoms with Crippen molar-refractivity contribution in [3.8, 4) is 0 Å². The first-order valence-electron chi connectivity index (χ1n) is 7.62. The molecule has 1 aromatic heterocycles. The fourth-order valence-electron chi connectivity index (χ4n) is 3.12. The summed E-state index contributed by atoms with van der Waals surface area (Å²) in [7, 11) is 4.49. The number of rotatable bonds is 6. The van der Waals surface area contributed by atoms with E-state index in [0.717, 1.165) is 19.5 Å². The molecule has 1 aromatic rings. The van der Waals surface area contributed by atoms with Crippen LogP contribution >= 0.6 is 11.3 Å². The Hall–Kier alpha value is -0.380. The Balaban J connectivity index is 1.85. The Morgan fingerprint density at radius 2 is 1.84 bits per heavy atom. The second kappa shape index (κ2) is 6.87. The molecule has 0 bridgehead atoms. The lowest BCUT2D eigenvalue weighted by atomic mass is 9.80. The van der Waals surface area contributed by atoms with Crippen LogP contribution in [0.25, 0.3) is 0 Å². The SMILES string of the molecule is CCc1ccc(CNCC2(N(C)C)CCCCC2)s1. The van der Waals surface area contributed by atoms with E-state index in [4.69, 9.17) is 0 Å². The van der Waals surface area contributed by atoms with Gasteiger partial charge in [-0.2, -0.15) is 0 Å². The molecule has 0 spiro atoms. The highest BCUT2D eigenvalue weighted by Crippen LogP contribution is 2.31. The maximum absolute atomic E-state index is 3.70. The fourth-order valence-corrected chi connectivity index (χ4v) is 4.05. The van der Waals surface area contributed by atoms with Gasteiger partial charge in [0, 0.05) is 28.4 Å². The zero-order valence-electron chi connectivity index (χ0n) is 12.7. The van der Waals surface area contributed by atoms with Gasteiger partial charge in [0.1, 0.15) is 0 Å². The number of aryl methyl sites for hydroxylation is 1. The second-order valence-electron chi connectivity index (χ2n) is 6.00. The Morgan fingerprint density at radius 3 is 2.42 bits per heavy atom. The molecule has 1 aliphatic carbocycles. The van der Waals surface area contributed by atoms with Crippen LogP contribution in [0.1, 0.15) is 48.8 Å². The molecular formula is C16H28N2S. The number of thiophene rings is 1. The molecule has 0 unspecified atom stereocenters. The molecule has 1 fully saturated rings. The number of nitrogens with zero attached hydrogens (tertiary/aromatic N) is 1. The first kappa shape index (κ1) is 15.0. The van der Waals surface area contributed by atoms with E-state index in [2.05, 4.69) is 43.4 Å². The normalized spacial score (nSPS) is 18.9. The van der Waals surface area contributed by atoms with Crippen molar-refractivity contribution in [3.63, 3.8) is 0 Å². The average molecular weight is 280 g/mol. The van der Waals surface area contributed by atoms with Crippen molar-refractivity contribution in [1.29, 1.82) is 0 Å². The highest BCUT2D eigenvalue weighted by atomic mass is 32.1. The topological polar surface area (TPSA) is 15.3 Å². The minimum atomic E-state index is 0.392. The van der Waals surface area contributed by atoms with Crippen LogP contribution in [0.4, 0.5) is 0 Å². The summed E-state index contributed by atoms with van der Waals surface area (Å²) in [5, 5.41) is 3.70. The molecule has 2 nitrogen and oxygen atoms in total. The number of hydrogen-bond acceptors (Lipinski definition) is 3. The monoisotopic (exact) mass is 280 g/mol. The first-order chi connectivity index (χ1) is 9.16. The largest absolute Gasteiger partial charge is 0.310 e. The van der Waals surface area contributed by atoms with Crippen molar-refractivity contribution >= 4 is 11.3 Å². The lowest BCUT2D eigenvalue weighted by molar-refractivity contribution is 0.0985. The smallest absolute Gasteiger partial charge is 0.0328 e. The van der Waals surface area contributed by atoms with E-state index in [1.165, 1.54) is 41.9 Å². The number of hydrogen-bond donors (Lipinski definition) is 1. The highest BCUT2D eigenvalue weighted by Gasteiger charge is 2.33. The maximum atomic E-state index is 3.70. The van der Waals surface area contributed by atoms with E-state index in [1.807, 2.05) is 11.3 Å². The molecule has 19 heavy (non-hydrogen) atoms. The molecule has 2 rings (SSSR count). The summed E-state index contributed by atoms with van der Waals surface area (Å²) in [5.41, 5.74) is 0.392. The third-order valence-corrected chi connectivity index (χ3v) is 5.78. The number of nitrogens with one attached hydrogen (secondary N) is 1. The standard InChI is InChI=1S/C16H28N2S/c1-4-14-8-9-15(19-14)12-17-13-16(18(2)3)10-6-5-7-11-16/h8-9,17H,4-7,10-13H2,1-3H3. The predicted molar refractivity (Wildman–Crippen MR) is 84.9 cm³/mol. The van der Waals surface area contributed by atoms with Gasteiger partial charge in [-0.3, -0.25) is 0 Å².